The van der Waals surface area contributed by atoms with Gasteiger partial charge in [0.15, 0.2) is 0 Å². The minimum absolute atomic E-state index is 0.298. The SMILES string of the molecule is CC(C)(C)C1CCC=CCO1. The van der Waals surface area contributed by atoms with E-state index in [0.29, 0.717) is 11.5 Å². The second-order valence-electron chi connectivity index (χ2n) is 4.24. The van der Waals surface area contributed by atoms with Crippen molar-refractivity contribution in [2.24, 2.45) is 5.41 Å². The smallest absolute Gasteiger partial charge is 0.0651 e. The van der Waals surface area contributed by atoms with Crippen molar-refractivity contribution in [3.8, 4) is 0 Å². The summed E-state index contributed by atoms with van der Waals surface area (Å²) in [6, 6.07) is 0. The molecule has 1 aliphatic heterocycles. The molecule has 1 atom stereocenters. The largest absolute Gasteiger partial charge is 0.374 e. The minimum atomic E-state index is 0.298. The van der Waals surface area contributed by atoms with Gasteiger partial charge in [-0.25, -0.2) is 0 Å². The van der Waals surface area contributed by atoms with E-state index in [1.807, 2.05) is 0 Å². The summed E-state index contributed by atoms with van der Waals surface area (Å²) in [7, 11) is 0. The molecule has 0 amide bonds. The number of hydrogen-bond acceptors (Lipinski definition) is 1. The Morgan fingerprint density at radius 3 is 2.64 bits per heavy atom. The monoisotopic (exact) mass is 154 g/mol. The Labute approximate surface area is 69.4 Å². The van der Waals surface area contributed by atoms with Gasteiger partial charge in [0.05, 0.1) is 12.7 Å². The van der Waals surface area contributed by atoms with Crippen molar-refractivity contribution < 1.29 is 4.74 Å². The normalized spacial score (nSPS) is 26.6. The molecule has 0 radical (unpaired) electrons. The van der Waals surface area contributed by atoms with Crippen LogP contribution in [0.4, 0.5) is 0 Å². The van der Waals surface area contributed by atoms with Crippen molar-refractivity contribution in [3.05, 3.63) is 12.2 Å². The van der Waals surface area contributed by atoms with Crippen molar-refractivity contribution in [1.82, 2.24) is 0 Å². The maximum Gasteiger partial charge on any atom is 0.0651 e. The number of allylic oxidation sites excluding steroid dienone is 1. The maximum absolute atomic E-state index is 5.68. The van der Waals surface area contributed by atoms with Gasteiger partial charge < -0.3 is 4.74 Å². The first-order chi connectivity index (χ1) is 5.11. The van der Waals surface area contributed by atoms with Gasteiger partial charge in [-0.1, -0.05) is 32.9 Å². The topological polar surface area (TPSA) is 9.23 Å². The molecule has 0 saturated heterocycles. The van der Waals surface area contributed by atoms with Crippen LogP contribution in [0.15, 0.2) is 12.2 Å². The molecule has 1 heteroatoms. The molecular formula is C10H18O. The molecule has 0 bridgehead atoms. The van der Waals surface area contributed by atoms with Crippen molar-refractivity contribution in [2.75, 3.05) is 6.61 Å². The molecule has 1 heterocycles. The Hall–Kier alpha value is -0.300. The highest BCUT2D eigenvalue weighted by Gasteiger charge is 2.24. The molecule has 64 valence electrons. The fourth-order valence-corrected chi connectivity index (χ4v) is 1.37. The first kappa shape index (κ1) is 8.79. The molecular weight excluding hydrogens is 136 g/mol. The van der Waals surface area contributed by atoms with Crippen molar-refractivity contribution in [1.29, 1.82) is 0 Å². The zero-order valence-electron chi connectivity index (χ0n) is 7.76. The maximum atomic E-state index is 5.68. The van der Waals surface area contributed by atoms with Crippen molar-refractivity contribution in [2.45, 2.75) is 39.7 Å². The first-order valence-corrected chi connectivity index (χ1v) is 4.37. The van der Waals surface area contributed by atoms with Crippen LogP contribution in [-0.2, 0) is 4.74 Å². The molecule has 0 aromatic heterocycles. The molecule has 1 nitrogen and oxygen atoms in total. The van der Waals surface area contributed by atoms with Crippen LogP contribution in [0.25, 0.3) is 0 Å². The van der Waals surface area contributed by atoms with Crippen LogP contribution < -0.4 is 0 Å². The molecule has 11 heavy (non-hydrogen) atoms. The van der Waals surface area contributed by atoms with Crippen molar-refractivity contribution in [3.63, 3.8) is 0 Å². The van der Waals surface area contributed by atoms with Gasteiger partial charge >= 0.3 is 0 Å². The Kier molecular flexibility index (Phi) is 2.72. The van der Waals surface area contributed by atoms with E-state index in [1.54, 1.807) is 0 Å². The summed E-state index contributed by atoms with van der Waals surface area (Å²) in [5, 5.41) is 0. The molecule has 1 rings (SSSR count). The summed E-state index contributed by atoms with van der Waals surface area (Å²) in [5.41, 5.74) is 0.298. The third-order valence-electron chi connectivity index (χ3n) is 2.12. The van der Waals surface area contributed by atoms with Crippen molar-refractivity contribution >= 4 is 0 Å². The Morgan fingerprint density at radius 2 is 2.00 bits per heavy atom. The number of rotatable bonds is 0. The number of hydrogen-bond donors (Lipinski definition) is 0. The Bertz CT molecular complexity index is 131. The summed E-state index contributed by atoms with van der Waals surface area (Å²) in [4.78, 5) is 0. The molecule has 0 aromatic carbocycles. The molecule has 0 N–H and O–H groups in total. The van der Waals surface area contributed by atoms with Gasteiger partial charge in [-0.3, -0.25) is 0 Å². The predicted octanol–water partition coefficient (Wildman–Crippen LogP) is 2.77. The second-order valence-corrected chi connectivity index (χ2v) is 4.24. The third kappa shape index (κ3) is 2.66. The fraction of sp³-hybridized carbons (Fsp3) is 0.800. The third-order valence-corrected chi connectivity index (χ3v) is 2.12. The lowest BCUT2D eigenvalue weighted by Crippen LogP contribution is -2.28. The van der Waals surface area contributed by atoms with E-state index in [-0.39, 0.29) is 0 Å². The zero-order valence-corrected chi connectivity index (χ0v) is 7.76. The minimum Gasteiger partial charge on any atom is -0.374 e. The van der Waals surface area contributed by atoms with Crippen LogP contribution in [0.2, 0.25) is 0 Å². The molecule has 0 fully saturated rings. The molecule has 0 aliphatic carbocycles. The lowest BCUT2D eigenvalue weighted by atomic mass is 9.86. The lowest BCUT2D eigenvalue weighted by Gasteiger charge is -2.29. The summed E-state index contributed by atoms with van der Waals surface area (Å²) < 4.78 is 5.68. The van der Waals surface area contributed by atoms with Gasteiger partial charge in [-0.15, -0.1) is 0 Å². The van der Waals surface area contributed by atoms with Crippen LogP contribution in [-0.4, -0.2) is 12.7 Å². The standard InChI is InChI=1S/C10H18O/c1-10(2,3)9-7-5-4-6-8-11-9/h4,6,9H,5,7-8H2,1-3H3. The van der Waals surface area contributed by atoms with Crippen LogP contribution >= 0.6 is 0 Å². The average molecular weight is 154 g/mol. The Morgan fingerprint density at radius 1 is 1.27 bits per heavy atom. The molecule has 0 aromatic rings. The van der Waals surface area contributed by atoms with Crippen LogP contribution in [0.1, 0.15) is 33.6 Å². The highest BCUT2D eigenvalue weighted by atomic mass is 16.5. The van der Waals surface area contributed by atoms with Gasteiger partial charge in [-0.2, -0.15) is 0 Å². The fourth-order valence-electron chi connectivity index (χ4n) is 1.37. The van der Waals surface area contributed by atoms with E-state index in [1.165, 1.54) is 12.8 Å². The van der Waals surface area contributed by atoms with E-state index >= 15 is 0 Å². The zero-order chi connectivity index (χ0) is 8.32. The van der Waals surface area contributed by atoms with E-state index in [0.717, 1.165) is 6.61 Å². The van der Waals surface area contributed by atoms with E-state index in [2.05, 4.69) is 32.9 Å². The molecule has 1 aliphatic rings. The predicted molar refractivity (Wildman–Crippen MR) is 47.6 cm³/mol. The lowest BCUT2D eigenvalue weighted by molar-refractivity contribution is -0.00477. The van der Waals surface area contributed by atoms with Crippen LogP contribution in [0.3, 0.4) is 0 Å². The molecule has 1 unspecified atom stereocenters. The summed E-state index contributed by atoms with van der Waals surface area (Å²) >= 11 is 0. The first-order valence-electron chi connectivity index (χ1n) is 4.37. The highest BCUT2D eigenvalue weighted by molar-refractivity contribution is 4.88. The summed E-state index contributed by atoms with van der Waals surface area (Å²) in [5.74, 6) is 0. The van der Waals surface area contributed by atoms with E-state index in [4.69, 9.17) is 4.74 Å². The van der Waals surface area contributed by atoms with Gasteiger partial charge in [-0.05, 0) is 18.3 Å². The van der Waals surface area contributed by atoms with Crippen LogP contribution in [0, 0.1) is 5.41 Å². The molecule has 0 saturated carbocycles. The summed E-state index contributed by atoms with van der Waals surface area (Å²) in [6.45, 7) is 7.51. The Balaban J connectivity index is 2.47. The molecule has 0 spiro atoms. The van der Waals surface area contributed by atoms with Gasteiger partial charge in [0.2, 0.25) is 0 Å². The van der Waals surface area contributed by atoms with E-state index in [9.17, 15) is 0 Å². The quantitative estimate of drug-likeness (QED) is 0.487. The number of ether oxygens (including phenoxy) is 1. The van der Waals surface area contributed by atoms with Crippen LogP contribution in [0.5, 0.6) is 0 Å². The highest BCUT2D eigenvalue weighted by Crippen LogP contribution is 2.27. The second kappa shape index (κ2) is 3.40. The van der Waals surface area contributed by atoms with Gasteiger partial charge in [0.25, 0.3) is 0 Å². The summed E-state index contributed by atoms with van der Waals surface area (Å²) in [6.07, 6.45) is 7.09. The van der Waals surface area contributed by atoms with Gasteiger partial charge in [0, 0.05) is 0 Å². The van der Waals surface area contributed by atoms with Gasteiger partial charge in [0.1, 0.15) is 0 Å². The average Bonchev–Trinajstić information content (AvgIpc) is 2.10. The van der Waals surface area contributed by atoms with E-state index < -0.39 is 0 Å².